The van der Waals surface area contributed by atoms with Gasteiger partial charge in [0.15, 0.2) is 12.4 Å². The van der Waals surface area contributed by atoms with E-state index in [1.807, 2.05) is 38.1 Å². The zero-order valence-corrected chi connectivity index (χ0v) is 7.78. The van der Waals surface area contributed by atoms with Crippen LogP contribution in [0.25, 0.3) is 0 Å². The van der Waals surface area contributed by atoms with Crippen LogP contribution in [0.5, 0.6) is 5.75 Å². The lowest BCUT2D eigenvalue weighted by molar-refractivity contribution is -0.114. The van der Waals surface area contributed by atoms with Crippen LogP contribution in [0.3, 0.4) is 0 Å². The number of benzene rings is 1. The summed E-state index contributed by atoms with van der Waals surface area (Å²) < 4.78 is 5.50. The summed E-state index contributed by atoms with van der Waals surface area (Å²) in [4.78, 5) is 10.8. The molecule has 0 bridgehead atoms. The second kappa shape index (κ2) is 2.59. The first-order valence-electron chi connectivity index (χ1n) is 4.37. The van der Waals surface area contributed by atoms with Crippen molar-refractivity contribution in [3.63, 3.8) is 0 Å². The highest BCUT2D eigenvalue weighted by molar-refractivity contribution is 5.65. The molecule has 2 nitrogen and oxygen atoms in total. The molecule has 1 aromatic carbocycles. The van der Waals surface area contributed by atoms with Gasteiger partial charge in [-0.2, -0.15) is 0 Å². The smallest absolute Gasteiger partial charge is 0.163 e. The summed E-state index contributed by atoms with van der Waals surface area (Å²) in [5.41, 5.74) is 0.922. The fourth-order valence-electron chi connectivity index (χ4n) is 1.74. The Labute approximate surface area is 77.5 Å². The number of rotatable bonds is 1. The van der Waals surface area contributed by atoms with E-state index in [9.17, 15) is 4.79 Å². The summed E-state index contributed by atoms with van der Waals surface area (Å²) in [6.45, 7) is 4.05. The maximum Gasteiger partial charge on any atom is 0.163 e. The Morgan fingerprint density at radius 1 is 1.38 bits per heavy atom. The zero-order chi connectivity index (χ0) is 9.47. The number of hydrogen-bond donors (Lipinski definition) is 0. The van der Waals surface area contributed by atoms with Crippen molar-refractivity contribution in [2.45, 2.75) is 25.4 Å². The molecule has 0 fully saturated rings. The lowest BCUT2D eigenvalue weighted by atomic mass is 9.82. The highest BCUT2D eigenvalue weighted by Crippen LogP contribution is 2.41. The van der Waals surface area contributed by atoms with Gasteiger partial charge in [-0.1, -0.05) is 32.0 Å². The molecule has 0 saturated heterocycles. The van der Waals surface area contributed by atoms with Crippen molar-refractivity contribution in [2.24, 2.45) is 0 Å². The molecule has 0 radical (unpaired) electrons. The fraction of sp³-hybridized carbons (Fsp3) is 0.364. The van der Waals surface area contributed by atoms with E-state index in [2.05, 4.69) is 0 Å². The summed E-state index contributed by atoms with van der Waals surface area (Å²) in [5, 5.41) is 0. The molecule has 0 aromatic heterocycles. The van der Waals surface area contributed by atoms with Gasteiger partial charge in [0.05, 0.1) is 0 Å². The number of ether oxygens (including phenoxy) is 1. The first-order chi connectivity index (χ1) is 6.16. The molecule has 68 valence electrons. The van der Waals surface area contributed by atoms with Crippen LogP contribution in [0.2, 0.25) is 0 Å². The average molecular weight is 176 g/mol. The number of hydrogen-bond acceptors (Lipinski definition) is 2. The molecular formula is C11H12O2. The molecule has 0 amide bonds. The van der Waals surface area contributed by atoms with Crippen LogP contribution in [0.4, 0.5) is 0 Å². The van der Waals surface area contributed by atoms with E-state index in [1.165, 1.54) is 0 Å². The predicted octanol–water partition coefficient (Wildman–Crippen LogP) is 1.92. The van der Waals surface area contributed by atoms with Crippen molar-refractivity contribution in [3.8, 4) is 5.75 Å². The molecule has 1 atom stereocenters. The van der Waals surface area contributed by atoms with Crippen molar-refractivity contribution < 1.29 is 9.53 Å². The van der Waals surface area contributed by atoms with Gasteiger partial charge in [-0.15, -0.1) is 0 Å². The van der Waals surface area contributed by atoms with Crippen LogP contribution >= 0.6 is 0 Å². The van der Waals surface area contributed by atoms with Gasteiger partial charge in [0.2, 0.25) is 0 Å². The largest absolute Gasteiger partial charge is 0.482 e. The van der Waals surface area contributed by atoms with Crippen molar-refractivity contribution in [1.29, 1.82) is 0 Å². The average Bonchev–Trinajstić information content (AvgIpc) is 2.39. The van der Waals surface area contributed by atoms with E-state index in [1.54, 1.807) is 0 Å². The highest BCUT2D eigenvalue weighted by Gasteiger charge is 2.40. The third kappa shape index (κ3) is 1.05. The standard InChI is InChI=1S/C11H12O2/c1-11(2)8-5-3-4-6-9(8)13-10(11)7-12/h3-7,10H,1-2H3. The fourth-order valence-corrected chi connectivity index (χ4v) is 1.74. The molecular weight excluding hydrogens is 164 g/mol. The van der Waals surface area contributed by atoms with Crippen LogP contribution < -0.4 is 4.74 Å². The van der Waals surface area contributed by atoms with Gasteiger partial charge in [0.25, 0.3) is 0 Å². The van der Waals surface area contributed by atoms with E-state index in [0.29, 0.717) is 0 Å². The van der Waals surface area contributed by atoms with Gasteiger partial charge in [0, 0.05) is 11.0 Å². The molecule has 0 aliphatic carbocycles. The maximum atomic E-state index is 10.8. The molecule has 1 aromatic rings. The lowest BCUT2D eigenvalue weighted by Gasteiger charge is -2.20. The molecule has 1 aliphatic rings. The van der Waals surface area contributed by atoms with Crippen LogP contribution in [0.15, 0.2) is 24.3 Å². The Kier molecular flexibility index (Phi) is 1.65. The predicted molar refractivity (Wildman–Crippen MR) is 49.9 cm³/mol. The SMILES string of the molecule is CC1(C)c2ccccc2OC1C=O. The second-order valence-electron chi connectivity index (χ2n) is 3.89. The summed E-state index contributed by atoms with van der Waals surface area (Å²) in [6.07, 6.45) is 0.532. The Bertz CT molecular complexity index is 342. The number of para-hydroxylation sites is 1. The Hall–Kier alpha value is -1.31. The summed E-state index contributed by atoms with van der Waals surface area (Å²) in [5.74, 6) is 0.838. The lowest BCUT2D eigenvalue weighted by Crippen LogP contribution is -2.33. The molecule has 13 heavy (non-hydrogen) atoms. The number of carbonyl (C=O) groups excluding carboxylic acids is 1. The van der Waals surface area contributed by atoms with E-state index in [-0.39, 0.29) is 11.5 Å². The van der Waals surface area contributed by atoms with E-state index < -0.39 is 0 Å². The van der Waals surface area contributed by atoms with E-state index in [4.69, 9.17) is 4.74 Å². The van der Waals surface area contributed by atoms with Crippen LogP contribution in [0.1, 0.15) is 19.4 Å². The quantitative estimate of drug-likeness (QED) is 0.611. The van der Waals surface area contributed by atoms with Crippen molar-refractivity contribution in [1.82, 2.24) is 0 Å². The summed E-state index contributed by atoms with van der Waals surface area (Å²) in [6, 6.07) is 7.80. The first kappa shape index (κ1) is 8.30. The van der Waals surface area contributed by atoms with Crippen molar-refractivity contribution in [2.75, 3.05) is 0 Å². The molecule has 0 saturated carbocycles. The molecule has 0 N–H and O–H groups in total. The second-order valence-corrected chi connectivity index (χ2v) is 3.89. The summed E-state index contributed by atoms with van der Waals surface area (Å²) in [7, 11) is 0. The Morgan fingerprint density at radius 2 is 2.08 bits per heavy atom. The van der Waals surface area contributed by atoms with Gasteiger partial charge in [-0.3, -0.25) is 4.79 Å². The van der Waals surface area contributed by atoms with Crippen LogP contribution in [0, 0.1) is 0 Å². The topological polar surface area (TPSA) is 26.3 Å². The molecule has 2 heteroatoms. The van der Waals surface area contributed by atoms with Crippen molar-refractivity contribution in [3.05, 3.63) is 29.8 Å². The number of fused-ring (bicyclic) bond motifs is 1. The Balaban J connectivity index is 2.53. The normalized spacial score (nSPS) is 23.4. The van der Waals surface area contributed by atoms with Gasteiger partial charge in [-0.25, -0.2) is 0 Å². The summed E-state index contributed by atoms with van der Waals surface area (Å²) >= 11 is 0. The molecule has 2 rings (SSSR count). The first-order valence-corrected chi connectivity index (χ1v) is 4.37. The van der Waals surface area contributed by atoms with Crippen molar-refractivity contribution >= 4 is 6.29 Å². The zero-order valence-electron chi connectivity index (χ0n) is 7.78. The molecule has 1 aliphatic heterocycles. The third-order valence-electron chi connectivity index (χ3n) is 2.67. The number of carbonyl (C=O) groups is 1. The number of aldehydes is 1. The monoisotopic (exact) mass is 176 g/mol. The van der Waals surface area contributed by atoms with Gasteiger partial charge in [-0.05, 0) is 6.07 Å². The van der Waals surface area contributed by atoms with E-state index in [0.717, 1.165) is 17.6 Å². The molecule has 1 heterocycles. The molecule has 0 spiro atoms. The van der Waals surface area contributed by atoms with Crippen LogP contribution in [-0.4, -0.2) is 12.4 Å². The third-order valence-corrected chi connectivity index (χ3v) is 2.67. The van der Waals surface area contributed by atoms with E-state index >= 15 is 0 Å². The van der Waals surface area contributed by atoms with Gasteiger partial charge < -0.3 is 4.74 Å². The Morgan fingerprint density at radius 3 is 2.69 bits per heavy atom. The minimum Gasteiger partial charge on any atom is -0.482 e. The highest BCUT2D eigenvalue weighted by atomic mass is 16.5. The van der Waals surface area contributed by atoms with Gasteiger partial charge in [0.1, 0.15) is 5.75 Å². The molecule has 1 unspecified atom stereocenters. The minimum atomic E-state index is -0.343. The van der Waals surface area contributed by atoms with Crippen LogP contribution in [-0.2, 0) is 10.2 Å². The maximum absolute atomic E-state index is 10.8. The van der Waals surface area contributed by atoms with Gasteiger partial charge >= 0.3 is 0 Å². The minimum absolute atomic E-state index is 0.196.